The lowest BCUT2D eigenvalue weighted by molar-refractivity contribution is 0.0983. The highest BCUT2D eigenvalue weighted by Crippen LogP contribution is 2.37. The number of ketones is 1. The molecule has 0 N–H and O–H groups in total. The van der Waals surface area contributed by atoms with Crippen LogP contribution in [0.15, 0.2) is 18.3 Å². The van der Waals surface area contributed by atoms with E-state index in [2.05, 4.69) is 30.8 Å². The van der Waals surface area contributed by atoms with Crippen LogP contribution in [0.1, 0.15) is 63.4 Å². The highest BCUT2D eigenvalue weighted by molar-refractivity contribution is 5.94. The van der Waals surface area contributed by atoms with Crippen LogP contribution in [0.4, 0.5) is 5.69 Å². The van der Waals surface area contributed by atoms with Gasteiger partial charge in [-0.3, -0.25) is 9.78 Å². The lowest BCUT2D eigenvalue weighted by Gasteiger charge is -2.39. The van der Waals surface area contributed by atoms with Crippen molar-refractivity contribution < 1.29 is 4.79 Å². The molecule has 1 saturated carbocycles. The van der Waals surface area contributed by atoms with Crippen molar-refractivity contribution in [2.24, 2.45) is 5.41 Å². The fourth-order valence-electron chi connectivity index (χ4n) is 2.92. The van der Waals surface area contributed by atoms with Gasteiger partial charge in [0.05, 0.1) is 11.9 Å². The van der Waals surface area contributed by atoms with Gasteiger partial charge in [0.25, 0.3) is 0 Å². The molecule has 1 heterocycles. The minimum Gasteiger partial charge on any atom is -0.370 e. The first kappa shape index (κ1) is 15.0. The summed E-state index contributed by atoms with van der Waals surface area (Å²) < 4.78 is 0. The van der Waals surface area contributed by atoms with Crippen molar-refractivity contribution in [2.75, 3.05) is 11.9 Å². The molecule has 0 saturated heterocycles. The molecule has 1 aromatic heterocycles. The summed E-state index contributed by atoms with van der Waals surface area (Å²) in [5.74, 6) is 0.110. The first-order valence-electron chi connectivity index (χ1n) is 7.65. The number of hydrogen-bond acceptors (Lipinski definition) is 3. The molecular weight excluding hydrogens is 248 g/mol. The molecule has 3 heteroatoms. The number of hydrogen-bond donors (Lipinski definition) is 0. The van der Waals surface area contributed by atoms with E-state index in [0.717, 1.165) is 5.69 Å². The summed E-state index contributed by atoms with van der Waals surface area (Å²) in [4.78, 5) is 18.2. The van der Waals surface area contributed by atoms with Gasteiger partial charge in [-0.25, -0.2) is 0 Å². The third kappa shape index (κ3) is 3.38. The zero-order valence-electron chi connectivity index (χ0n) is 13.1. The van der Waals surface area contributed by atoms with Crippen molar-refractivity contribution in [1.82, 2.24) is 4.98 Å². The van der Waals surface area contributed by atoms with Gasteiger partial charge in [-0.15, -0.1) is 0 Å². The normalized spacial score (nSPS) is 18.8. The molecule has 0 aliphatic heterocycles. The van der Waals surface area contributed by atoms with Crippen molar-refractivity contribution in [3.8, 4) is 0 Å². The predicted octanol–water partition coefficient (Wildman–Crippen LogP) is 4.08. The quantitative estimate of drug-likeness (QED) is 0.776. The fourth-order valence-corrected chi connectivity index (χ4v) is 2.92. The molecule has 1 aliphatic rings. The number of aromatic nitrogens is 1. The van der Waals surface area contributed by atoms with Crippen molar-refractivity contribution in [3.63, 3.8) is 0 Å². The van der Waals surface area contributed by atoms with Crippen LogP contribution in [0, 0.1) is 5.41 Å². The van der Waals surface area contributed by atoms with Crippen molar-refractivity contribution in [1.29, 1.82) is 0 Å². The molecule has 0 amide bonds. The number of anilines is 1. The molecular formula is C17H26N2O. The molecule has 0 aromatic carbocycles. The molecule has 1 fully saturated rings. The van der Waals surface area contributed by atoms with Crippen molar-refractivity contribution in [2.45, 2.75) is 58.9 Å². The highest BCUT2D eigenvalue weighted by Gasteiger charge is 2.29. The predicted molar refractivity (Wildman–Crippen MR) is 83.3 cm³/mol. The van der Waals surface area contributed by atoms with Crippen LogP contribution >= 0.6 is 0 Å². The molecule has 0 unspecified atom stereocenters. The van der Waals surface area contributed by atoms with E-state index in [1.165, 1.54) is 25.7 Å². The van der Waals surface area contributed by atoms with Gasteiger partial charge in [-0.2, -0.15) is 0 Å². The summed E-state index contributed by atoms with van der Waals surface area (Å²) in [6, 6.07) is 4.47. The fraction of sp³-hybridized carbons (Fsp3) is 0.647. The molecule has 0 atom stereocenters. The first-order valence-corrected chi connectivity index (χ1v) is 7.65. The standard InChI is InChI=1S/C17H26N2O/c1-5-16(20)15-7-6-14(12-18-15)19(4)13-8-10-17(2,3)11-9-13/h6-7,12-13H,5,8-11H2,1-4H3. The zero-order chi connectivity index (χ0) is 14.8. The van der Waals surface area contributed by atoms with Crippen LogP contribution in [0.3, 0.4) is 0 Å². The van der Waals surface area contributed by atoms with E-state index in [1.807, 2.05) is 25.3 Å². The van der Waals surface area contributed by atoms with Gasteiger partial charge in [0.15, 0.2) is 5.78 Å². The first-order chi connectivity index (χ1) is 9.43. The molecule has 2 rings (SSSR count). The largest absolute Gasteiger partial charge is 0.370 e. The third-order valence-electron chi connectivity index (χ3n) is 4.62. The molecule has 0 spiro atoms. The Morgan fingerprint density at radius 2 is 2.00 bits per heavy atom. The van der Waals surface area contributed by atoms with Crippen LogP contribution < -0.4 is 4.90 Å². The van der Waals surface area contributed by atoms with Gasteiger partial charge in [0.2, 0.25) is 0 Å². The van der Waals surface area contributed by atoms with E-state index in [-0.39, 0.29) is 5.78 Å². The summed E-state index contributed by atoms with van der Waals surface area (Å²) in [5.41, 5.74) is 2.18. The summed E-state index contributed by atoms with van der Waals surface area (Å²) >= 11 is 0. The van der Waals surface area contributed by atoms with Crippen LogP contribution in [0.5, 0.6) is 0 Å². The van der Waals surface area contributed by atoms with Gasteiger partial charge in [0.1, 0.15) is 5.69 Å². The van der Waals surface area contributed by atoms with Gasteiger partial charge >= 0.3 is 0 Å². The Kier molecular flexibility index (Phi) is 4.46. The smallest absolute Gasteiger partial charge is 0.180 e. The number of carbonyl (C=O) groups is 1. The van der Waals surface area contributed by atoms with Gasteiger partial charge in [-0.1, -0.05) is 20.8 Å². The number of carbonyl (C=O) groups excluding carboxylic acids is 1. The lowest BCUT2D eigenvalue weighted by Crippen LogP contribution is -2.37. The van der Waals surface area contributed by atoms with Crippen LogP contribution in [-0.4, -0.2) is 23.9 Å². The molecule has 0 radical (unpaired) electrons. The Balaban J connectivity index is 2.02. The summed E-state index contributed by atoms with van der Waals surface area (Å²) in [6.07, 6.45) is 7.38. The van der Waals surface area contributed by atoms with Crippen LogP contribution in [0.2, 0.25) is 0 Å². The number of rotatable bonds is 4. The van der Waals surface area contributed by atoms with Crippen LogP contribution in [0.25, 0.3) is 0 Å². The van der Waals surface area contributed by atoms with Gasteiger partial charge in [0, 0.05) is 19.5 Å². The van der Waals surface area contributed by atoms with Crippen LogP contribution in [-0.2, 0) is 0 Å². The third-order valence-corrected chi connectivity index (χ3v) is 4.62. The molecule has 1 aromatic rings. The minimum absolute atomic E-state index is 0.110. The van der Waals surface area contributed by atoms with E-state index in [9.17, 15) is 4.79 Å². The molecule has 3 nitrogen and oxygen atoms in total. The van der Waals surface area contributed by atoms with E-state index >= 15 is 0 Å². The maximum absolute atomic E-state index is 11.6. The van der Waals surface area contributed by atoms with E-state index in [4.69, 9.17) is 0 Å². The molecule has 0 bridgehead atoms. The molecule has 20 heavy (non-hydrogen) atoms. The monoisotopic (exact) mass is 274 g/mol. The lowest BCUT2D eigenvalue weighted by atomic mass is 9.75. The number of Topliss-reactive ketones (excluding diaryl/α,β-unsaturated/α-hetero) is 1. The van der Waals surface area contributed by atoms with E-state index in [0.29, 0.717) is 23.6 Å². The summed E-state index contributed by atoms with van der Waals surface area (Å²) in [5, 5.41) is 0. The SMILES string of the molecule is CCC(=O)c1ccc(N(C)C2CCC(C)(C)CC2)cn1. The minimum atomic E-state index is 0.110. The van der Waals surface area contributed by atoms with E-state index < -0.39 is 0 Å². The molecule has 110 valence electrons. The maximum Gasteiger partial charge on any atom is 0.180 e. The number of pyridine rings is 1. The van der Waals surface area contributed by atoms with Crippen molar-refractivity contribution >= 4 is 11.5 Å². The second kappa shape index (κ2) is 5.94. The average molecular weight is 274 g/mol. The Labute approximate surface area is 122 Å². The maximum atomic E-state index is 11.6. The Bertz CT molecular complexity index is 454. The molecule has 1 aliphatic carbocycles. The highest BCUT2D eigenvalue weighted by atomic mass is 16.1. The van der Waals surface area contributed by atoms with Crippen molar-refractivity contribution in [3.05, 3.63) is 24.0 Å². The second-order valence-electron chi connectivity index (χ2n) is 6.68. The second-order valence-corrected chi connectivity index (χ2v) is 6.68. The zero-order valence-corrected chi connectivity index (χ0v) is 13.1. The summed E-state index contributed by atoms with van der Waals surface area (Å²) in [6.45, 7) is 6.58. The average Bonchev–Trinajstić information content (AvgIpc) is 2.46. The van der Waals surface area contributed by atoms with E-state index in [1.54, 1.807) is 0 Å². The van der Waals surface area contributed by atoms with Gasteiger partial charge in [-0.05, 0) is 43.2 Å². The number of nitrogens with zero attached hydrogens (tertiary/aromatic N) is 2. The Hall–Kier alpha value is -1.38. The topological polar surface area (TPSA) is 33.2 Å². The Morgan fingerprint density at radius 1 is 1.35 bits per heavy atom. The van der Waals surface area contributed by atoms with Gasteiger partial charge < -0.3 is 4.90 Å². The Morgan fingerprint density at radius 3 is 2.50 bits per heavy atom. The summed E-state index contributed by atoms with van der Waals surface area (Å²) in [7, 11) is 2.14.